The van der Waals surface area contributed by atoms with Crippen molar-refractivity contribution in [1.82, 2.24) is 0 Å². The first kappa shape index (κ1) is 16.5. The third-order valence-electron chi connectivity index (χ3n) is 2.80. The molecular formula is C8H6Br2F8. The standard InChI is InChI=1S/C8H6Br2F8/c9-2-4(10)8(17,18)7(15,16)3-1-5(11,12)6(3,13)14/h3-4H,1-2H2. The highest BCUT2D eigenvalue weighted by molar-refractivity contribution is 9.12. The summed E-state index contributed by atoms with van der Waals surface area (Å²) in [6.07, 6.45) is -1.97. The van der Waals surface area contributed by atoms with E-state index in [4.69, 9.17) is 0 Å². The van der Waals surface area contributed by atoms with E-state index in [2.05, 4.69) is 31.9 Å². The van der Waals surface area contributed by atoms with Gasteiger partial charge in [-0.3, -0.25) is 0 Å². The summed E-state index contributed by atoms with van der Waals surface area (Å²) in [6, 6.07) is 0. The van der Waals surface area contributed by atoms with Gasteiger partial charge in [0.1, 0.15) is 5.92 Å². The van der Waals surface area contributed by atoms with Gasteiger partial charge in [0.2, 0.25) is 0 Å². The topological polar surface area (TPSA) is 0 Å². The zero-order chi connectivity index (χ0) is 14.6. The summed E-state index contributed by atoms with van der Waals surface area (Å²) in [6.45, 7) is 0. The van der Waals surface area contributed by atoms with Crippen LogP contribution < -0.4 is 0 Å². The van der Waals surface area contributed by atoms with Gasteiger partial charge in [0.15, 0.2) is 0 Å². The summed E-state index contributed by atoms with van der Waals surface area (Å²) in [5.74, 6) is -23.3. The number of rotatable bonds is 4. The Kier molecular flexibility index (Phi) is 4.08. The molecule has 0 saturated heterocycles. The van der Waals surface area contributed by atoms with E-state index < -0.39 is 46.2 Å². The molecule has 1 aliphatic rings. The third-order valence-corrected chi connectivity index (χ3v) is 5.21. The lowest BCUT2D eigenvalue weighted by Gasteiger charge is -2.48. The SMILES string of the molecule is FC1(F)CC(C(F)(F)C(F)(F)C(Br)CBr)C1(F)F. The maximum absolute atomic E-state index is 13.3. The van der Waals surface area contributed by atoms with Crippen molar-refractivity contribution in [2.75, 3.05) is 5.33 Å². The lowest BCUT2D eigenvalue weighted by atomic mass is 9.71. The Labute approximate surface area is 113 Å². The molecule has 0 spiro atoms. The summed E-state index contributed by atoms with van der Waals surface area (Å²) >= 11 is 4.70. The largest absolute Gasteiger partial charge is 0.323 e. The molecule has 1 fully saturated rings. The van der Waals surface area contributed by atoms with Gasteiger partial charge in [0.25, 0.3) is 0 Å². The van der Waals surface area contributed by atoms with E-state index in [0.29, 0.717) is 0 Å². The molecule has 2 atom stereocenters. The molecule has 0 aromatic rings. The smallest absolute Gasteiger partial charge is 0.200 e. The van der Waals surface area contributed by atoms with Gasteiger partial charge >= 0.3 is 23.7 Å². The van der Waals surface area contributed by atoms with Crippen molar-refractivity contribution in [2.24, 2.45) is 5.92 Å². The van der Waals surface area contributed by atoms with Crippen LogP contribution in [0.2, 0.25) is 0 Å². The average molecular weight is 414 g/mol. The second-order valence-electron chi connectivity index (χ2n) is 3.95. The second-order valence-corrected chi connectivity index (χ2v) is 5.70. The molecule has 2 unspecified atom stereocenters. The fourth-order valence-corrected chi connectivity index (χ4v) is 2.25. The van der Waals surface area contributed by atoms with Crippen molar-refractivity contribution in [3.63, 3.8) is 0 Å². The van der Waals surface area contributed by atoms with E-state index >= 15 is 0 Å². The minimum absolute atomic E-state index is 0.649. The van der Waals surface area contributed by atoms with Crippen molar-refractivity contribution in [3.05, 3.63) is 0 Å². The second kappa shape index (κ2) is 4.46. The first-order chi connectivity index (χ1) is 7.82. The van der Waals surface area contributed by atoms with Gasteiger partial charge < -0.3 is 0 Å². The number of hydrogen-bond acceptors (Lipinski definition) is 0. The molecule has 10 heteroatoms. The van der Waals surface area contributed by atoms with Gasteiger partial charge in [-0.15, -0.1) is 0 Å². The van der Waals surface area contributed by atoms with Gasteiger partial charge in [0, 0.05) is 11.8 Å². The Hall–Kier alpha value is 0.400. The minimum Gasteiger partial charge on any atom is -0.200 e. The van der Waals surface area contributed by atoms with E-state index in [1.807, 2.05) is 0 Å². The van der Waals surface area contributed by atoms with Crippen LogP contribution in [-0.2, 0) is 0 Å². The molecule has 0 aromatic heterocycles. The van der Waals surface area contributed by atoms with Gasteiger partial charge in [-0.1, -0.05) is 31.9 Å². The molecule has 1 aliphatic carbocycles. The van der Waals surface area contributed by atoms with Crippen molar-refractivity contribution in [3.8, 4) is 0 Å². The summed E-state index contributed by atoms with van der Waals surface area (Å²) in [5.41, 5.74) is 0. The normalized spacial score (nSPS) is 28.7. The monoisotopic (exact) mass is 412 g/mol. The van der Waals surface area contributed by atoms with Crippen LogP contribution in [0.25, 0.3) is 0 Å². The van der Waals surface area contributed by atoms with E-state index in [1.54, 1.807) is 0 Å². The van der Waals surface area contributed by atoms with Crippen LogP contribution in [0, 0.1) is 5.92 Å². The fraction of sp³-hybridized carbons (Fsp3) is 1.00. The Morgan fingerprint density at radius 2 is 1.56 bits per heavy atom. The molecular weight excluding hydrogens is 408 g/mol. The molecule has 0 heterocycles. The zero-order valence-corrected chi connectivity index (χ0v) is 11.5. The van der Waals surface area contributed by atoms with Crippen molar-refractivity contribution >= 4 is 31.9 Å². The molecule has 18 heavy (non-hydrogen) atoms. The van der Waals surface area contributed by atoms with E-state index in [1.165, 1.54) is 0 Å². The van der Waals surface area contributed by atoms with Gasteiger partial charge in [-0.2, -0.15) is 35.1 Å². The Morgan fingerprint density at radius 1 is 1.11 bits per heavy atom. The average Bonchev–Trinajstić information content (AvgIpc) is 2.24. The van der Waals surface area contributed by atoms with E-state index in [0.717, 1.165) is 0 Å². The molecule has 0 N–H and O–H groups in total. The van der Waals surface area contributed by atoms with Gasteiger partial charge in [-0.05, 0) is 0 Å². The van der Waals surface area contributed by atoms with Crippen LogP contribution in [0.5, 0.6) is 0 Å². The summed E-state index contributed by atoms with van der Waals surface area (Å²) in [7, 11) is 0. The van der Waals surface area contributed by atoms with Crippen LogP contribution >= 0.6 is 31.9 Å². The summed E-state index contributed by atoms with van der Waals surface area (Å²) in [5, 5.41) is -0.649. The lowest BCUT2D eigenvalue weighted by molar-refractivity contribution is -0.382. The highest BCUT2D eigenvalue weighted by Gasteiger charge is 2.82. The molecule has 0 aromatic carbocycles. The lowest BCUT2D eigenvalue weighted by Crippen LogP contribution is -2.69. The van der Waals surface area contributed by atoms with E-state index in [9.17, 15) is 35.1 Å². The molecule has 0 amide bonds. The Morgan fingerprint density at radius 3 is 1.83 bits per heavy atom. The van der Waals surface area contributed by atoms with E-state index in [-0.39, 0.29) is 0 Å². The third kappa shape index (κ3) is 2.06. The maximum Gasteiger partial charge on any atom is 0.323 e. The van der Waals surface area contributed by atoms with Crippen LogP contribution in [0.4, 0.5) is 35.1 Å². The van der Waals surface area contributed by atoms with Crippen LogP contribution in [0.15, 0.2) is 0 Å². The molecule has 0 aliphatic heterocycles. The van der Waals surface area contributed by atoms with Crippen LogP contribution in [0.1, 0.15) is 6.42 Å². The van der Waals surface area contributed by atoms with Crippen LogP contribution in [-0.4, -0.2) is 33.8 Å². The highest BCUT2D eigenvalue weighted by atomic mass is 79.9. The summed E-state index contributed by atoms with van der Waals surface area (Å²) < 4.78 is 104. The molecule has 0 nitrogen and oxygen atoms in total. The predicted octanol–water partition coefficient (Wildman–Crippen LogP) is 4.71. The summed E-state index contributed by atoms with van der Waals surface area (Å²) in [4.78, 5) is -2.15. The fourth-order valence-electron chi connectivity index (χ4n) is 1.54. The quantitative estimate of drug-likeness (QED) is 0.462. The number of alkyl halides is 10. The first-order valence-corrected chi connectivity index (χ1v) is 6.57. The molecule has 108 valence electrons. The maximum atomic E-state index is 13.3. The first-order valence-electron chi connectivity index (χ1n) is 4.53. The zero-order valence-electron chi connectivity index (χ0n) is 8.35. The van der Waals surface area contributed by atoms with Crippen molar-refractivity contribution in [1.29, 1.82) is 0 Å². The molecule has 1 rings (SSSR count). The van der Waals surface area contributed by atoms with Gasteiger partial charge in [-0.25, -0.2) is 0 Å². The molecule has 1 saturated carbocycles. The Bertz CT molecular complexity index is 329. The van der Waals surface area contributed by atoms with Crippen molar-refractivity contribution in [2.45, 2.75) is 34.9 Å². The molecule has 0 bridgehead atoms. The predicted molar refractivity (Wildman–Crippen MR) is 54.4 cm³/mol. The number of halogens is 10. The van der Waals surface area contributed by atoms with Crippen molar-refractivity contribution < 1.29 is 35.1 Å². The Balaban J connectivity index is 3.03. The van der Waals surface area contributed by atoms with Crippen LogP contribution in [0.3, 0.4) is 0 Å². The minimum atomic E-state index is -5.24. The van der Waals surface area contributed by atoms with Gasteiger partial charge in [0.05, 0.1) is 4.83 Å². The molecule has 0 radical (unpaired) electrons. The number of hydrogen-bond donors (Lipinski definition) is 0. The highest BCUT2D eigenvalue weighted by Crippen LogP contribution is 2.63.